The molecule has 0 spiro atoms. The highest BCUT2D eigenvalue weighted by atomic mass is 127. The van der Waals surface area contributed by atoms with Gasteiger partial charge in [0.1, 0.15) is 12.1 Å². The van der Waals surface area contributed by atoms with E-state index in [1.165, 1.54) is 38.7 Å². The van der Waals surface area contributed by atoms with E-state index >= 15 is 0 Å². The normalized spacial score (nSPS) is 15.1. The van der Waals surface area contributed by atoms with Crippen LogP contribution in [0.2, 0.25) is 0 Å². The molecular formula is C20H25IN6OS. The van der Waals surface area contributed by atoms with Gasteiger partial charge in [-0.3, -0.25) is 0 Å². The van der Waals surface area contributed by atoms with Gasteiger partial charge in [-0.1, -0.05) is 18.2 Å². The average molecular weight is 524 g/mol. The lowest BCUT2D eigenvalue weighted by atomic mass is 10.1. The van der Waals surface area contributed by atoms with Crippen LogP contribution in [0, 0.1) is 3.57 Å². The van der Waals surface area contributed by atoms with Gasteiger partial charge in [-0.15, -0.1) is 0 Å². The summed E-state index contributed by atoms with van der Waals surface area (Å²) < 4.78 is 8.73. The molecule has 0 amide bonds. The van der Waals surface area contributed by atoms with Gasteiger partial charge in [0.2, 0.25) is 0 Å². The van der Waals surface area contributed by atoms with Crippen LogP contribution in [0.25, 0.3) is 11.2 Å². The van der Waals surface area contributed by atoms with Gasteiger partial charge in [0, 0.05) is 15.0 Å². The van der Waals surface area contributed by atoms with Crippen LogP contribution in [0.15, 0.2) is 34.6 Å². The summed E-state index contributed by atoms with van der Waals surface area (Å²) in [5.74, 6) is 1.26. The number of rotatable bonds is 7. The molecule has 2 N–H and O–H groups in total. The Morgan fingerprint density at radius 1 is 1.17 bits per heavy atom. The number of aryl methyl sites for hydroxylation is 1. The van der Waals surface area contributed by atoms with E-state index in [0.29, 0.717) is 11.3 Å². The third-order valence-electron chi connectivity index (χ3n) is 5.17. The van der Waals surface area contributed by atoms with Crippen LogP contribution < -0.4 is 10.5 Å². The van der Waals surface area contributed by atoms with E-state index in [4.69, 9.17) is 15.5 Å². The Labute approximate surface area is 188 Å². The standard InChI is InChI=1S/C20H25IN6OS/c1-28-14-6-7-15(21)16(12-14)29-20-25-17-18(22)23-13-24-19(17)27(20)11-5-10-26-8-3-2-4-9-26/h6-7,12-13H,2-5,8-11H2,1H3,(H2,22,23,24). The zero-order valence-electron chi connectivity index (χ0n) is 16.5. The lowest BCUT2D eigenvalue weighted by Gasteiger charge is -2.26. The lowest BCUT2D eigenvalue weighted by Crippen LogP contribution is -2.31. The second-order valence-electron chi connectivity index (χ2n) is 7.13. The molecule has 0 atom stereocenters. The van der Waals surface area contributed by atoms with Crippen LogP contribution in [-0.4, -0.2) is 51.2 Å². The van der Waals surface area contributed by atoms with E-state index < -0.39 is 0 Å². The number of nitrogen functional groups attached to an aromatic ring is 1. The third-order valence-corrected chi connectivity index (χ3v) is 7.53. The van der Waals surface area contributed by atoms with Crippen molar-refractivity contribution < 1.29 is 4.74 Å². The maximum absolute atomic E-state index is 6.09. The molecule has 0 aliphatic carbocycles. The summed E-state index contributed by atoms with van der Waals surface area (Å²) in [4.78, 5) is 17.0. The summed E-state index contributed by atoms with van der Waals surface area (Å²) >= 11 is 3.96. The average Bonchev–Trinajstić information content (AvgIpc) is 3.09. The molecular weight excluding hydrogens is 499 g/mol. The first kappa shape index (κ1) is 20.7. The number of nitrogens with two attached hydrogens (primary N) is 1. The van der Waals surface area contributed by atoms with Crippen molar-refractivity contribution in [1.82, 2.24) is 24.4 Å². The Morgan fingerprint density at radius 2 is 2.00 bits per heavy atom. The van der Waals surface area contributed by atoms with Gasteiger partial charge in [-0.25, -0.2) is 15.0 Å². The van der Waals surface area contributed by atoms with Crippen molar-refractivity contribution in [2.45, 2.75) is 42.3 Å². The maximum Gasteiger partial charge on any atom is 0.175 e. The summed E-state index contributed by atoms with van der Waals surface area (Å²) in [7, 11) is 1.68. The first-order valence-corrected chi connectivity index (χ1v) is 11.8. The molecule has 0 bridgehead atoms. The number of likely N-dealkylation sites (tertiary alicyclic amines) is 1. The van der Waals surface area contributed by atoms with Gasteiger partial charge in [0.05, 0.1) is 7.11 Å². The summed E-state index contributed by atoms with van der Waals surface area (Å²) in [6.45, 7) is 4.38. The van der Waals surface area contributed by atoms with E-state index in [-0.39, 0.29) is 0 Å². The van der Waals surface area contributed by atoms with Crippen molar-refractivity contribution in [2.24, 2.45) is 0 Å². The second kappa shape index (κ2) is 9.48. The van der Waals surface area contributed by atoms with Crippen LogP contribution in [0.5, 0.6) is 5.75 Å². The minimum absolute atomic E-state index is 0.423. The largest absolute Gasteiger partial charge is 0.497 e. The fourth-order valence-corrected chi connectivity index (χ4v) is 5.26. The number of fused-ring (bicyclic) bond motifs is 1. The highest BCUT2D eigenvalue weighted by molar-refractivity contribution is 14.1. The van der Waals surface area contributed by atoms with Crippen molar-refractivity contribution in [3.05, 3.63) is 28.1 Å². The fourth-order valence-electron chi connectivity index (χ4n) is 3.64. The Bertz CT molecular complexity index is 989. The molecule has 0 saturated carbocycles. The highest BCUT2D eigenvalue weighted by Gasteiger charge is 2.18. The van der Waals surface area contributed by atoms with Gasteiger partial charge in [-0.05, 0) is 79.7 Å². The monoisotopic (exact) mass is 524 g/mol. The van der Waals surface area contributed by atoms with Gasteiger partial charge in [0.15, 0.2) is 22.1 Å². The molecule has 3 heterocycles. The molecule has 1 aliphatic heterocycles. The number of benzene rings is 1. The molecule has 0 radical (unpaired) electrons. The van der Waals surface area contributed by atoms with Crippen molar-refractivity contribution in [3.8, 4) is 5.75 Å². The number of ether oxygens (including phenoxy) is 1. The molecule has 1 fully saturated rings. The third kappa shape index (κ3) is 4.77. The zero-order chi connectivity index (χ0) is 20.2. The molecule has 154 valence electrons. The van der Waals surface area contributed by atoms with Crippen molar-refractivity contribution in [2.75, 3.05) is 32.5 Å². The van der Waals surface area contributed by atoms with Crippen LogP contribution in [0.3, 0.4) is 0 Å². The number of nitrogens with zero attached hydrogens (tertiary/aromatic N) is 5. The zero-order valence-corrected chi connectivity index (χ0v) is 19.4. The van der Waals surface area contributed by atoms with Crippen molar-refractivity contribution >= 4 is 51.3 Å². The Hall–Kier alpha value is -1.59. The number of imidazole rings is 1. The first-order valence-electron chi connectivity index (χ1n) is 9.86. The Morgan fingerprint density at radius 3 is 2.79 bits per heavy atom. The predicted octanol–water partition coefficient (Wildman–Crippen LogP) is 4.05. The molecule has 7 nitrogen and oxygen atoms in total. The lowest BCUT2D eigenvalue weighted by molar-refractivity contribution is 0.222. The van der Waals surface area contributed by atoms with Gasteiger partial charge in [-0.2, -0.15) is 0 Å². The Balaban J connectivity index is 1.60. The van der Waals surface area contributed by atoms with Crippen LogP contribution in [0.1, 0.15) is 25.7 Å². The van der Waals surface area contributed by atoms with E-state index in [2.05, 4.69) is 48.1 Å². The minimum atomic E-state index is 0.423. The molecule has 0 unspecified atom stereocenters. The van der Waals surface area contributed by atoms with Crippen molar-refractivity contribution in [1.29, 1.82) is 0 Å². The molecule has 1 aliphatic rings. The number of hydrogen-bond donors (Lipinski definition) is 1. The summed E-state index contributed by atoms with van der Waals surface area (Å²) in [6.07, 6.45) is 6.56. The fraction of sp³-hybridized carbons (Fsp3) is 0.450. The van der Waals surface area contributed by atoms with Crippen LogP contribution >= 0.6 is 34.4 Å². The van der Waals surface area contributed by atoms with E-state index in [1.807, 2.05) is 12.1 Å². The van der Waals surface area contributed by atoms with Gasteiger partial charge in [0.25, 0.3) is 0 Å². The number of piperidine rings is 1. The summed E-state index contributed by atoms with van der Waals surface area (Å²) in [5.41, 5.74) is 7.56. The second-order valence-corrected chi connectivity index (χ2v) is 9.30. The van der Waals surface area contributed by atoms with Gasteiger partial charge < -0.3 is 19.9 Å². The quantitative estimate of drug-likeness (QED) is 0.467. The summed E-state index contributed by atoms with van der Waals surface area (Å²) in [6, 6.07) is 6.06. The number of halogens is 1. The molecule has 29 heavy (non-hydrogen) atoms. The predicted molar refractivity (Wildman–Crippen MR) is 124 cm³/mol. The topological polar surface area (TPSA) is 82.1 Å². The number of methoxy groups -OCH3 is 1. The van der Waals surface area contributed by atoms with E-state index in [9.17, 15) is 0 Å². The van der Waals surface area contributed by atoms with Crippen LogP contribution in [0.4, 0.5) is 5.82 Å². The molecule has 4 rings (SSSR count). The number of aromatic nitrogens is 4. The van der Waals surface area contributed by atoms with E-state index in [1.54, 1.807) is 18.9 Å². The first-order chi connectivity index (χ1) is 14.2. The Kier molecular flexibility index (Phi) is 6.76. The molecule has 3 aromatic rings. The smallest absolute Gasteiger partial charge is 0.175 e. The number of hydrogen-bond acceptors (Lipinski definition) is 7. The molecule has 9 heteroatoms. The van der Waals surface area contributed by atoms with E-state index in [0.717, 1.165) is 44.5 Å². The number of anilines is 1. The van der Waals surface area contributed by atoms with Crippen molar-refractivity contribution in [3.63, 3.8) is 0 Å². The molecule has 1 aromatic carbocycles. The minimum Gasteiger partial charge on any atom is -0.497 e. The SMILES string of the molecule is COc1ccc(I)c(Sc2nc3c(N)ncnc3n2CCCN2CCCCC2)c1. The summed E-state index contributed by atoms with van der Waals surface area (Å²) in [5, 5.41) is 0.886. The highest BCUT2D eigenvalue weighted by Crippen LogP contribution is 2.35. The molecule has 2 aromatic heterocycles. The molecule has 1 saturated heterocycles. The van der Waals surface area contributed by atoms with Gasteiger partial charge >= 0.3 is 0 Å². The maximum atomic E-state index is 6.09. The van der Waals surface area contributed by atoms with Crippen LogP contribution in [-0.2, 0) is 6.54 Å².